The van der Waals surface area contributed by atoms with Gasteiger partial charge in [0.05, 0.1) is 5.60 Å². The summed E-state index contributed by atoms with van der Waals surface area (Å²) in [6, 6.07) is -0.305. The van der Waals surface area contributed by atoms with E-state index in [9.17, 15) is 13.2 Å². The Morgan fingerprint density at radius 2 is 1.70 bits per heavy atom. The molecule has 0 aromatic rings. The monoisotopic (exact) mass is 295 g/mol. The third-order valence-corrected chi connectivity index (χ3v) is 4.53. The minimum Gasteiger partial charge on any atom is -0.374 e. The first kappa shape index (κ1) is 17.8. The van der Waals surface area contributed by atoms with Crippen molar-refractivity contribution in [1.29, 1.82) is 0 Å². The minimum atomic E-state index is -4.09. The molecule has 20 heavy (non-hydrogen) atoms. The van der Waals surface area contributed by atoms with Gasteiger partial charge in [-0.3, -0.25) is 0 Å². The molecule has 0 aliphatic heterocycles. The maximum Gasteiger partial charge on any atom is 0.389 e. The van der Waals surface area contributed by atoms with Crippen molar-refractivity contribution in [3.8, 4) is 0 Å². The van der Waals surface area contributed by atoms with Gasteiger partial charge in [-0.1, -0.05) is 13.8 Å². The molecule has 0 heterocycles. The van der Waals surface area contributed by atoms with E-state index in [1.807, 2.05) is 6.92 Å². The van der Waals surface area contributed by atoms with E-state index in [2.05, 4.69) is 13.8 Å². The van der Waals surface area contributed by atoms with Gasteiger partial charge >= 0.3 is 6.18 Å². The van der Waals surface area contributed by atoms with Gasteiger partial charge < -0.3 is 10.5 Å². The lowest BCUT2D eigenvalue weighted by Gasteiger charge is -2.46. The minimum absolute atomic E-state index is 0.0862. The van der Waals surface area contributed by atoms with E-state index in [1.54, 1.807) is 0 Å². The molecule has 2 N–H and O–H groups in total. The second-order valence-electron chi connectivity index (χ2n) is 6.78. The molecule has 1 unspecified atom stereocenters. The van der Waals surface area contributed by atoms with Crippen LogP contribution in [0.5, 0.6) is 0 Å². The Bertz CT molecular complexity index is 292. The molecule has 1 aliphatic rings. The lowest BCUT2D eigenvalue weighted by molar-refractivity contribution is -0.138. The number of nitrogens with two attached hydrogens (primary N) is 1. The van der Waals surface area contributed by atoms with Gasteiger partial charge in [-0.05, 0) is 50.9 Å². The summed E-state index contributed by atoms with van der Waals surface area (Å²) in [5, 5.41) is 0. The maximum atomic E-state index is 12.2. The van der Waals surface area contributed by atoms with Crippen molar-refractivity contribution < 1.29 is 17.9 Å². The van der Waals surface area contributed by atoms with Crippen LogP contribution in [0, 0.1) is 5.41 Å². The van der Waals surface area contributed by atoms with Gasteiger partial charge in [-0.2, -0.15) is 13.2 Å². The van der Waals surface area contributed by atoms with Crippen LogP contribution in [0.2, 0.25) is 0 Å². The summed E-state index contributed by atoms with van der Waals surface area (Å²) in [7, 11) is 0. The number of hydrogen-bond acceptors (Lipinski definition) is 2. The van der Waals surface area contributed by atoms with Crippen molar-refractivity contribution in [2.75, 3.05) is 6.61 Å². The molecule has 0 radical (unpaired) electrons. The zero-order valence-electron chi connectivity index (χ0n) is 12.9. The molecule has 0 bridgehead atoms. The van der Waals surface area contributed by atoms with E-state index >= 15 is 0 Å². The zero-order chi connectivity index (χ0) is 15.4. The lowest BCUT2D eigenvalue weighted by Crippen LogP contribution is -2.53. The quantitative estimate of drug-likeness (QED) is 0.787. The molecule has 120 valence electrons. The number of alkyl halides is 3. The van der Waals surface area contributed by atoms with E-state index in [1.165, 1.54) is 0 Å². The van der Waals surface area contributed by atoms with Crippen molar-refractivity contribution >= 4 is 0 Å². The molecule has 1 fully saturated rings. The average Bonchev–Trinajstić information content (AvgIpc) is 2.30. The summed E-state index contributed by atoms with van der Waals surface area (Å²) in [4.78, 5) is 0. The molecule has 1 saturated carbocycles. The smallest absolute Gasteiger partial charge is 0.374 e. The van der Waals surface area contributed by atoms with Crippen LogP contribution in [-0.4, -0.2) is 24.4 Å². The molecular weight excluding hydrogens is 267 g/mol. The molecule has 0 aromatic heterocycles. The molecule has 0 aromatic carbocycles. The zero-order valence-corrected chi connectivity index (χ0v) is 12.9. The summed E-state index contributed by atoms with van der Waals surface area (Å²) in [6.07, 6.45) is -0.660. The Morgan fingerprint density at radius 3 is 2.15 bits per heavy atom. The maximum absolute atomic E-state index is 12.2. The Kier molecular flexibility index (Phi) is 5.90. The van der Waals surface area contributed by atoms with Crippen molar-refractivity contribution in [3.63, 3.8) is 0 Å². The standard InChI is InChI=1S/C15H28F3NO/c1-4-20-14(10-8-13(2,3)9-11-14)12(19)6-5-7-15(16,17)18/h12H,4-11,19H2,1-3H3. The Balaban J connectivity index is 2.57. The largest absolute Gasteiger partial charge is 0.389 e. The van der Waals surface area contributed by atoms with Crippen LogP contribution in [-0.2, 0) is 4.74 Å². The summed E-state index contributed by atoms with van der Waals surface area (Å²) >= 11 is 0. The highest BCUT2D eigenvalue weighted by Crippen LogP contribution is 2.44. The average molecular weight is 295 g/mol. The lowest BCUT2D eigenvalue weighted by atomic mass is 9.68. The Labute approximate surface area is 120 Å². The van der Waals surface area contributed by atoms with E-state index in [0.29, 0.717) is 13.0 Å². The Morgan fingerprint density at radius 1 is 1.15 bits per heavy atom. The predicted octanol–water partition coefficient (Wildman–Crippen LogP) is 4.42. The first-order valence-corrected chi connectivity index (χ1v) is 7.56. The normalized spacial score (nSPS) is 23.6. The number of hydrogen-bond donors (Lipinski definition) is 1. The van der Waals surface area contributed by atoms with Gasteiger partial charge in [0.15, 0.2) is 0 Å². The third-order valence-electron chi connectivity index (χ3n) is 4.53. The molecule has 2 nitrogen and oxygen atoms in total. The molecule has 0 spiro atoms. The molecule has 0 saturated heterocycles. The summed E-state index contributed by atoms with van der Waals surface area (Å²) in [6.45, 7) is 6.92. The second kappa shape index (κ2) is 6.65. The molecule has 5 heteroatoms. The van der Waals surface area contributed by atoms with Crippen LogP contribution in [0.4, 0.5) is 13.2 Å². The predicted molar refractivity (Wildman–Crippen MR) is 74.5 cm³/mol. The summed E-state index contributed by atoms with van der Waals surface area (Å²) in [5.74, 6) is 0. The van der Waals surface area contributed by atoms with Crippen LogP contribution in [0.25, 0.3) is 0 Å². The second-order valence-corrected chi connectivity index (χ2v) is 6.78. The van der Waals surface area contributed by atoms with Crippen LogP contribution in [0.1, 0.15) is 65.7 Å². The van der Waals surface area contributed by atoms with Gasteiger partial charge in [0.2, 0.25) is 0 Å². The van der Waals surface area contributed by atoms with Gasteiger partial charge in [-0.15, -0.1) is 0 Å². The highest BCUT2D eigenvalue weighted by molar-refractivity contribution is 4.97. The van der Waals surface area contributed by atoms with Crippen molar-refractivity contribution in [2.45, 2.75) is 83.5 Å². The topological polar surface area (TPSA) is 35.2 Å². The van der Waals surface area contributed by atoms with Crippen LogP contribution >= 0.6 is 0 Å². The fourth-order valence-corrected chi connectivity index (χ4v) is 3.05. The Hall–Kier alpha value is -0.290. The fraction of sp³-hybridized carbons (Fsp3) is 1.00. The highest BCUT2D eigenvalue weighted by atomic mass is 19.4. The van der Waals surface area contributed by atoms with Gasteiger partial charge in [0, 0.05) is 19.1 Å². The number of rotatable bonds is 6. The van der Waals surface area contributed by atoms with E-state index < -0.39 is 18.2 Å². The van der Waals surface area contributed by atoms with Crippen LogP contribution < -0.4 is 5.73 Å². The van der Waals surface area contributed by atoms with Crippen LogP contribution in [0.3, 0.4) is 0 Å². The number of halogens is 3. The fourth-order valence-electron chi connectivity index (χ4n) is 3.05. The SMILES string of the molecule is CCOC1(C(N)CCCC(F)(F)F)CCC(C)(C)CC1. The van der Waals surface area contributed by atoms with Gasteiger partial charge in [0.25, 0.3) is 0 Å². The first-order valence-electron chi connectivity index (χ1n) is 7.56. The van der Waals surface area contributed by atoms with E-state index in [0.717, 1.165) is 25.7 Å². The summed E-state index contributed by atoms with van der Waals surface area (Å²) in [5.41, 5.74) is 6.06. The molecule has 1 rings (SSSR count). The highest BCUT2D eigenvalue weighted by Gasteiger charge is 2.43. The van der Waals surface area contributed by atoms with E-state index in [-0.39, 0.29) is 17.9 Å². The van der Waals surface area contributed by atoms with Gasteiger partial charge in [-0.25, -0.2) is 0 Å². The van der Waals surface area contributed by atoms with Gasteiger partial charge in [0.1, 0.15) is 0 Å². The van der Waals surface area contributed by atoms with Crippen LogP contribution in [0.15, 0.2) is 0 Å². The number of ether oxygens (including phenoxy) is 1. The molecule has 1 atom stereocenters. The van der Waals surface area contributed by atoms with Crippen molar-refractivity contribution in [3.05, 3.63) is 0 Å². The molecular formula is C15H28F3NO. The third kappa shape index (κ3) is 5.24. The molecule has 1 aliphatic carbocycles. The summed E-state index contributed by atoms with van der Waals surface area (Å²) < 4.78 is 42.6. The van der Waals surface area contributed by atoms with E-state index in [4.69, 9.17) is 10.5 Å². The van der Waals surface area contributed by atoms with Crippen molar-refractivity contribution in [1.82, 2.24) is 0 Å². The molecule has 0 amide bonds. The van der Waals surface area contributed by atoms with Crippen molar-refractivity contribution in [2.24, 2.45) is 11.1 Å². The first-order chi connectivity index (χ1) is 9.10.